The van der Waals surface area contributed by atoms with Crippen molar-refractivity contribution in [2.75, 3.05) is 12.4 Å². The van der Waals surface area contributed by atoms with Gasteiger partial charge in [-0.1, -0.05) is 0 Å². The molecule has 6 heteroatoms. The molecule has 4 aromatic rings. The molecular weight excluding hydrogens is 346 g/mol. The molecule has 2 heterocycles. The van der Waals surface area contributed by atoms with Crippen molar-refractivity contribution in [2.24, 2.45) is 0 Å². The van der Waals surface area contributed by atoms with E-state index in [0.717, 1.165) is 32.9 Å². The van der Waals surface area contributed by atoms with Gasteiger partial charge in [0.15, 0.2) is 0 Å². The fourth-order valence-electron chi connectivity index (χ4n) is 2.84. The van der Waals surface area contributed by atoms with Crippen LogP contribution < -0.4 is 10.1 Å². The van der Waals surface area contributed by atoms with Crippen LogP contribution in [0.25, 0.3) is 22.2 Å². The van der Waals surface area contributed by atoms with Crippen LogP contribution in [0.1, 0.15) is 14.7 Å². The summed E-state index contributed by atoms with van der Waals surface area (Å²) in [6, 6.07) is 15.3. The van der Waals surface area contributed by atoms with Crippen molar-refractivity contribution in [1.82, 2.24) is 9.97 Å². The summed E-state index contributed by atoms with van der Waals surface area (Å²) in [5.74, 6) is 0.614. The predicted octanol–water partition coefficient (Wildman–Crippen LogP) is 4.86. The molecule has 0 bridgehead atoms. The average molecular weight is 363 g/mol. The number of thiazole rings is 1. The number of carbonyl (C=O) groups is 1. The summed E-state index contributed by atoms with van der Waals surface area (Å²) in [4.78, 5) is 21.1. The molecular formula is C20H17N3O2S. The van der Waals surface area contributed by atoms with Gasteiger partial charge in [-0.25, -0.2) is 4.98 Å². The Balaban J connectivity index is 1.64. The third-order valence-electron chi connectivity index (χ3n) is 4.11. The molecule has 0 aliphatic carbocycles. The highest BCUT2D eigenvalue weighted by atomic mass is 32.1. The average Bonchev–Trinajstić information content (AvgIpc) is 3.27. The monoisotopic (exact) mass is 363 g/mol. The lowest BCUT2D eigenvalue weighted by Gasteiger charge is -2.06. The molecule has 0 aliphatic heterocycles. The number of H-pyrrole nitrogens is 1. The molecule has 0 atom stereocenters. The molecule has 0 unspecified atom stereocenters. The maximum absolute atomic E-state index is 12.8. The number of nitrogens with one attached hydrogen (secondary N) is 2. The minimum atomic E-state index is -0.156. The summed E-state index contributed by atoms with van der Waals surface area (Å²) in [6.45, 7) is 1.90. The van der Waals surface area contributed by atoms with E-state index in [9.17, 15) is 4.79 Å². The standard InChI is InChI=1S/C20H17N3O2S/c1-12-22-18(13-3-6-16(25-2)7-4-13)19(26-12)20(24)23-15-5-8-17-14(11-15)9-10-21-17/h3-11,21H,1-2H3,(H,23,24). The van der Waals surface area contributed by atoms with Gasteiger partial charge in [0.2, 0.25) is 0 Å². The van der Waals surface area contributed by atoms with Crippen LogP contribution in [-0.4, -0.2) is 23.0 Å². The van der Waals surface area contributed by atoms with Crippen molar-refractivity contribution in [2.45, 2.75) is 6.92 Å². The second-order valence-corrected chi connectivity index (χ2v) is 7.08. The molecule has 2 aromatic carbocycles. The Kier molecular flexibility index (Phi) is 4.18. The van der Waals surface area contributed by atoms with Gasteiger partial charge >= 0.3 is 0 Å². The first-order valence-corrected chi connectivity index (χ1v) is 8.96. The zero-order chi connectivity index (χ0) is 18.1. The largest absolute Gasteiger partial charge is 0.497 e. The summed E-state index contributed by atoms with van der Waals surface area (Å²) in [5.41, 5.74) is 3.38. The van der Waals surface area contributed by atoms with Crippen molar-refractivity contribution in [1.29, 1.82) is 0 Å². The molecule has 0 saturated heterocycles. The Labute approximate surface area is 154 Å². The normalized spacial score (nSPS) is 10.8. The van der Waals surface area contributed by atoms with E-state index < -0.39 is 0 Å². The molecule has 0 spiro atoms. The second-order valence-electron chi connectivity index (χ2n) is 5.87. The van der Waals surface area contributed by atoms with Gasteiger partial charge in [-0.15, -0.1) is 11.3 Å². The minimum absolute atomic E-state index is 0.156. The van der Waals surface area contributed by atoms with Gasteiger partial charge in [-0.05, 0) is 55.5 Å². The molecule has 26 heavy (non-hydrogen) atoms. The highest BCUT2D eigenvalue weighted by Gasteiger charge is 2.18. The minimum Gasteiger partial charge on any atom is -0.497 e. The second kappa shape index (κ2) is 6.65. The van der Waals surface area contributed by atoms with E-state index in [0.29, 0.717) is 10.6 Å². The molecule has 0 radical (unpaired) electrons. The summed E-state index contributed by atoms with van der Waals surface area (Å²) in [7, 11) is 1.63. The molecule has 0 aliphatic rings. The fraction of sp³-hybridized carbons (Fsp3) is 0.100. The van der Waals surface area contributed by atoms with Gasteiger partial charge in [0, 0.05) is 28.4 Å². The summed E-state index contributed by atoms with van der Waals surface area (Å²) >= 11 is 1.39. The Hall–Kier alpha value is -3.12. The van der Waals surface area contributed by atoms with Crippen molar-refractivity contribution in [3.8, 4) is 17.0 Å². The molecule has 4 rings (SSSR count). The SMILES string of the molecule is COc1ccc(-c2nc(C)sc2C(=O)Nc2ccc3[nH]ccc3c2)cc1. The van der Waals surface area contributed by atoms with Crippen LogP contribution >= 0.6 is 11.3 Å². The van der Waals surface area contributed by atoms with Gasteiger partial charge in [-0.2, -0.15) is 0 Å². The predicted molar refractivity (Wildman–Crippen MR) is 105 cm³/mol. The lowest BCUT2D eigenvalue weighted by atomic mass is 10.1. The first-order valence-electron chi connectivity index (χ1n) is 8.14. The van der Waals surface area contributed by atoms with Gasteiger partial charge in [0.1, 0.15) is 10.6 Å². The quantitative estimate of drug-likeness (QED) is 0.544. The van der Waals surface area contributed by atoms with Crippen molar-refractivity contribution in [3.63, 3.8) is 0 Å². The number of hydrogen-bond acceptors (Lipinski definition) is 4. The number of fused-ring (bicyclic) bond motifs is 1. The van der Waals surface area contributed by atoms with Crippen LogP contribution in [0.5, 0.6) is 5.75 Å². The zero-order valence-electron chi connectivity index (χ0n) is 14.4. The lowest BCUT2D eigenvalue weighted by Crippen LogP contribution is -2.11. The molecule has 0 fully saturated rings. The van der Waals surface area contributed by atoms with Gasteiger partial charge in [0.25, 0.3) is 5.91 Å². The van der Waals surface area contributed by atoms with Crippen LogP contribution in [0.15, 0.2) is 54.7 Å². The molecule has 1 amide bonds. The first kappa shape index (κ1) is 16.4. The number of methoxy groups -OCH3 is 1. The Morgan fingerprint density at radius 2 is 1.96 bits per heavy atom. The van der Waals surface area contributed by atoms with Crippen molar-refractivity contribution < 1.29 is 9.53 Å². The number of anilines is 1. The number of benzene rings is 2. The molecule has 130 valence electrons. The summed E-state index contributed by atoms with van der Waals surface area (Å²) in [5, 5.41) is 4.88. The lowest BCUT2D eigenvalue weighted by molar-refractivity contribution is 0.103. The number of carbonyl (C=O) groups excluding carboxylic acids is 1. The highest BCUT2D eigenvalue weighted by molar-refractivity contribution is 7.14. The van der Waals surface area contributed by atoms with Crippen LogP contribution in [-0.2, 0) is 0 Å². The van der Waals surface area contributed by atoms with Crippen LogP contribution in [0.3, 0.4) is 0 Å². The summed E-state index contributed by atoms with van der Waals surface area (Å²) < 4.78 is 5.20. The smallest absolute Gasteiger partial charge is 0.268 e. The van der Waals surface area contributed by atoms with Gasteiger partial charge in [0.05, 0.1) is 17.8 Å². The fourth-order valence-corrected chi connectivity index (χ4v) is 3.68. The van der Waals surface area contributed by atoms with Crippen LogP contribution in [0.2, 0.25) is 0 Å². The number of amides is 1. The van der Waals surface area contributed by atoms with Gasteiger partial charge < -0.3 is 15.0 Å². The number of aromatic nitrogens is 2. The molecule has 5 nitrogen and oxygen atoms in total. The summed E-state index contributed by atoms with van der Waals surface area (Å²) in [6.07, 6.45) is 1.88. The van der Waals surface area contributed by atoms with E-state index in [1.165, 1.54) is 11.3 Å². The van der Waals surface area contributed by atoms with E-state index in [-0.39, 0.29) is 5.91 Å². The number of aromatic amines is 1. The first-order chi connectivity index (χ1) is 12.6. The molecule has 2 aromatic heterocycles. The van der Waals surface area contributed by atoms with E-state index in [1.54, 1.807) is 7.11 Å². The van der Waals surface area contributed by atoms with E-state index in [1.807, 2.05) is 61.7 Å². The molecule has 2 N–H and O–H groups in total. The zero-order valence-corrected chi connectivity index (χ0v) is 15.2. The van der Waals surface area contributed by atoms with Crippen LogP contribution in [0, 0.1) is 6.92 Å². The third kappa shape index (κ3) is 3.07. The number of rotatable bonds is 4. The Morgan fingerprint density at radius 3 is 2.73 bits per heavy atom. The van der Waals surface area contributed by atoms with Crippen molar-refractivity contribution in [3.05, 3.63) is 64.6 Å². The molecule has 0 saturated carbocycles. The van der Waals surface area contributed by atoms with E-state index in [4.69, 9.17) is 4.74 Å². The number of ether oxygens (including phenoxy) is 1. The maximum Gasteiger partial charge on any atom is 0.268 e. The van der Waals surface area contributed by atoms with Gasteiger partial charge in [-0.3, -0.25) is 4.79 Å². The number of hydrogen-bond donors (Lipinski definition) is 2. The van der Waals surface area contributed by atoms with E-state index >= 15 is 0 Å². The Bertz CT molecular complexity index is 1080. The van der Waals surface area contributed by atoms with Crippen molar-refractivity contribution >= 4 is 33.8 Å². The number of nitrogens with zero attached hydrogens (tertiary/aromatic N) is 1. The number of aryl methyl sites for hydroxylation is 1. The third-order valence-corrected chi connectivity index (χ3v) is 5.08. The highest BCUT2D eigenvalue weighted by Crippen LogP contribution is 2.30. The van der Waals surface area contributed by atoms with E-state index in [2.05, 4.69) is 15.3 Å². The maximum atomic E-state index is 12.8. The van der Waals surface area contributed by atoms with Crippen LogP contribution in [0.4, 0.5) is 5.69 Å². The Morgan fingerprint density at radius 1 is 1.15 bits per heavy atom. The topological polar surface area (TPSA) is 67.0 Å².